The molecule has 1 unspecified atom stereocenters. The van der Waals surface area contributed by atoms with Crippen LogP contribution in [0.4, 0.5) is 19.0 Å². The maximum Gasteiger partial charge on any atom is 0.273 e. The van der Waals surface area contributed by atoms with Crippen molar-refractivity contribution in [1.82, 2.24) is 19.5 Å². The van der Waals surface area contributed by atoms with E-state index in [1.54, 1.807) is 23.0 Å². The molecule has 0 saturated carbocycles. The number of hydrogen-bond acceptors (Lipinski definition) is 5. The molecular weight excluding hydrogens is 383 g/mol. The lowest BCUT2D eigenvalue weighted by Gasteiger charge is -2.18. The zero-order valence-electron chi connectivity index (χ0n) is 16.0. The molecule has 1 aliphatic rings. The molecule has 2 aromatic heterocycles. The van der Waals surface area contributed by atoms with Crippen LogP contribution in [0.5, 0.6) is 5.75 Å². The summed E-state index contributed by atoms with van der Waals surface area (Å²) in [5.74, 6) is 1.04. The largest absolute Gasteiger partial charge is 0.492 e. The van der Waals surface area contributed by atoms with E-state index in [2.05, 4.69) is 20.3 Å². The average molecular weight is 405 g/mol. The van der Waals surface area contributed by atoms with Gasteiger partial charge < -0.3 is 15.0 Å². The number of aromatic nitrogens is 3. The minimum Gasteiger partial charge on any atom is -0.492 e. The molecule has 0 amide bonds. The fourth-order valence-electron chi connectivity index (χ4n) is 3.33. The average Bonchev–Trinajstić information content (AvgIpc) is 3.13. The van der Waals surface area contributed by atoms with Crippen LogP contribution in [0.1, 0.15) is 18.2 Å². The molecular formula is C20H22F3N5O. The lowest BCUT2D eigenvalue weighted by atomic mass is 10.0. The van der Waals surface area contributed by atoms with Crippen molar-refractivity contribution in [3.05, 3.63) is 42.2 Å². The molecule has 3 heterocycles. The number of rotatable bonds is 2. The van der Waals surface area contributed by atoms with Gasteiger partial charge in [0.1, 0.15) is 18.2 Å². The normalized spacial score (nSPS) is 16.9. The Hall–Kier alpha value is -2.81. The van der Waals surface area contributed by atoms with E-state index < -0.39 is 12.6 Å². The van der Waals surface area contributed by atoms with Crippen LogP contribution in [0.15, 0.2) is 36.7 Å². The molecule has 4 rings (SSSR count). The zero-order chi connectivity index (χ0) is 20.4. The predicted molar refractivity (Wildman–Crippen MR) is 104 cm³/mol. The number of likely N-dealkylation sites (N-methyl/N-ethyl adjacent to an activating group) is 1. The van der Waals surface area contributed by atoms with E-state index in [0.29, 0.717) is 41.5 Å². The fraction of sp³-hybridized carbons (Fsp3) is 0.400. The molecule has 6 nitrogen and oxygen atoms in total. The Morgan fingerprint density at radius 2 is 2.03 bits per heavy atom. The third kappa shape index (κ3) is 4.29. The highest BCUT2D eigenvalue weighted by molar-refractivity contribution is 5.79. The number of nitrogens with zero attached hydrogens (tertiary/aromatic N) is 4. The maximum absolute atomic E-state index is 14.1. The minimum absolute atomic E-state index is 0.126. The summed E-state index contributed by atoms with van der Waals surface area (Å²) in [6.45, 7) is 2.65. The van der Waals surface area contributed by atoms with Gasteiger partial charge in [0.05, 0.1) is 6.20 Å². The van der Waals surface area contributed by atoms with Crippen molar-refractivity contribution in [1.29, 1.82) is 0 Å². The Morgan fingerprint density at radius 3 is 2.86 bits per heavy atom. The lowest BCUT2D eigenvalue weighted by Crippen LogP contribution is -2.26. The number of benzene rings is 1. The number of ether oxygens (including phenoxy) is 1. The summed E-state index contributed by atoms with van der Waals surface area (Å²) in [6, 6.07) is 6.28. The highest BCUT2D eigenvalue weighted by atomic mass is 19.3. The van der Waals surface area contributed by atoms with E-state index in [-0.39, 0.29) is 5.56 Å². The minimum atomic E-state index is -3.11. The van der Waals surface area contributed by atoms with Gasteiger partial charge in [0.2, 0.25) is 0 Å². The Balaban J connectivity index is 1.82. The third-order valence-corrected chi connectivity index (χ3v) is 4.91. The molecule has 1 aromatic carbocycles. The molecule has 154 valence electrons. The van der Waals surface area contributed by atoms with Crippen LogP contribution in [0, 0.1) is 0 Å². The van der Waals surface area contributed by atoms with Crippen LogP contribution in [0.25, 0.3) is 16.8 Å². The van der Waals surface area contributed by atoms with Gasteiger partial charge in [-0.05, 0) is 55.4 Å². The second-order valence-electron chi connectivity index (χ2n) is 7.10. The summed E-state index contributed by atoms with van der Waals surface area (Å²) >= 11 is 0. The van der Waals surface area contributed by atoms with E-state index in [0.717, 1.165) is 19.5 Å². The maximum atomic E-state index is 14.1. The molecule has 1 aliphatic heterocycles. The Kier molecular flexibility index (Phi) is 5.57. The van der Waals surface area contributed by atoms with Gasteiger partial charge in [-0.1, -0.05) is 0 Å². The number of halogens is 3. The summed E-state index contributed by atoms with van der Waals surface area (Å²) in [5.41, 5.74) is 1.58. The predicted octanol–water partition coefficient (Wildman–Crippen LogP) is 3.80. The molecule has 0 aliphatic carbocycles. The van der Waals surface area contributed by atoms with Gasteiger partial charge in [-0.25, -0.2) is 22.7 Å². The van der Waals surface area contributed by atoms with Gasteiger partial charge in [-0.15, -0.1) is 0 Å². The first-order chi connectivity index (χ1) is 14.0. The highest BCUT2D eigenvalue weighted by Crippen LogP contribution is 2.34. The molecule has 1 N–H and O–H groups in total. The van der Waals surface area contributed by atoms with E-state index in [4.69, 9.17) is 4.74 Å². The van der Waals surface area contributed by atoms with Crippen molar-refractivity contribution in [2.24, 2.45) is 0 Å². The monoisotopic (exact) mass is 405 g/mol. The van der Waals surface area contributed by atoms with Crippen molar-refractivity contribution >= 4 is 11.5 Å². The Labute approximate surface area is 166 Å². The van der Waals surface area contributed by atoms with Crippen molar-refractivity contribution in [2.45, 2.75) is 19.0 Å². The molecule has 0 spiro atoms. The van der Waals surface area contributed by atoms with E-state index in [1.165, 1.54) is 12.1 Å². The molecule has 3 aromatic rings. The van der Waals surface area contributed by atoms with Crippen molar-refractivity contribution in [2.75, 3.05) is 38.6 Å². The highest BCUT2D eigenvalue weighted by Gasteiger charge is 2.23. The topological polar surface area (TPSA) is 54.7 Å². The van der Waals surface area contributed by atoms with Gasteiger partial charge in [-0.3, -0.25) is 0 Å². The van der Waals surface area contributed by atoms with Gasteiger partial charge in [0.25, 0.3) is 6.43 Å². The van der Waals surface area contributed by atoms with Crippen molar-refractivity contribution in [3.63, 3.8) is 0 Å². The van der Waals surface area contributed by atoms with Crippen LogP contribution >= 0.6 is 0 Å². The fourth-order valence-corrected chi connectivity index (χ4v) is 3.33. The molecule has 1 atom stereocenters. The summed E-state index contributed by atoms with van der Waals surface area (Å²) < 4.78 is 47.6. The number of nitrogens with one attached hydrogen (secondary N) is 1. The first-order valence-electron chi connectivity index (χ1n) is 9.48. The molecule has 0 fully saturated rings. The first kappa shape index (κ1) is 19.5. The van der Waals surface area contributed by atoms with Crippen LogP contribution in [0.2, 0.25) is 0 Å². The standard InChI is InChI=1S/C20H22F3N5O/c1-27-5-2-4-24-17-3-6-28-20(26-17)16(12-25-28)13-9-14(18(21)19(22)23)11-15(10-13)29-8-7-27/h3,6,9-12,18-19H,2,4-5,7-8H2,1H3,(H,24,26). The van der Waals surface area contributed by atoms with Gasteiger partial charge in [-0.2, -0.15) is 5.10 Å². The van der Waals surface area contributed by atoms with Crippen LogP contribution < -0.4 is 10.1 Å². The Bertz CT molecular complexity index is 993. The zero-order valence-corrected chi connectivity index (χ0v) is 16.0. The van der Waals surface area contributed by atoms with Crippen LogP contribution in [-0.4, -0.2) is 59.2 Å². The number of anilines is 1. The van der Waals surface area contributed by atoms with Crippen molar-refractivity contribution < 1.29 is 17.9 Å². The quantitative estimate of drug-likeness (QED) is 0.703. The van der Waals surface area contributed by atoms with Gasteiger partial charge >= 0.3 is 0 Å². The second-order valence-corrected chi connectivity index (χ2v) is 7.10. The Morgan fingerprint density at radius 1 is 1.17 bits per heavy atom. The van der Waals surface area contributed by atoms with E-state index >= 15 is 0 Å². The molecule has 0 radical (unpaired) electrons. The van der Waals surface area contributed by atoms with E-state index in [9.17, 15) is 13.2 Å². The SMILES string of the molecule is CN1CCCNc2ccn3ncc(c3n2)-c2cc(cc(C(F)C(F)F)c2)OCC1. The van der Waals surface area contributed by atoms with Crippen molar-refractivity contribution in [3.8, 4) is 16.9 Å². The molecule has 0 saturated heterocycles. The van der Waals surface area contributed by atoms with Gasteiger partial charge in [0.15, 0.2) is 11.8 Å². The summed E-state index contributed by atoms with van der Waals surface area (Å²) in [4.78, 5) is 6.72. The lowest BCUT2D eigenvalue weighted by molar-refractivity contribution is 0.0494. The molecule has 29 heavy (non-hydrogen) atoms. The number of alkyl halides is 3. The smallest absolute Gasteiger partial charge is 0.273 e. The summed E-state index contributed by atoms with van der Waals surface area (Å²) in [5, 5.41) is 7.57. The molecule has 4 bridgehead atoms. The first-order valence-corrected chi connectivity index (χ1v) is 9.48. The van der Waals surface area contributed by atoms with Crippen LogP contribution in [-0.2, 0) is 0 Å². The van der Waals surface area contributed by atoms with E-state index in [1.807, 2.05) is 13.1 Å². The van der Waals surface area contributed by atoms with Gasteiger partial charge in [0, 0.05) is 24.8 Å². The second kappa shape index (κ2) is 8.28. The number of fused-ring (bicyclic) bond motifs is 4. The van der Waals surface area contributed by atoms with Crippen LogP contribution in [0.3, 0.4) is 0 Å². The third-order valence-electron chi connectivity index (χ3n) is 4.91. The number of hydrogen-bond donors (Lipinski definition) is 1. The molecule has 9 heteroatoms. The summed E-state index contributed by atoms with van der Waals surface area (Å²) in [7, 11) is 1.99. The summed E-state index contributed by atoms with van der Waals surface area (Å²) in [6.07, 6.45) is -1.22.